The maximum absolute atomic E-state index is 12.4. The molecule has 19 heavy (non-hydrogen) atoms. The highest BCUT2D eigenvalue weighted by atomic mass is 16.3. The highest BCUT2D eigenvalue weighted by Crippen LogP contribution is 2.38. The lowest BCUT2D eigenvalue weighted by Crippen LogP contribution is -2.31. The van der Waals surface area contributed by atoms with Gasteiger partial charge in [0.25, 0.3) is 5.91 Å². The van der Waals surface area contributed by atoms with Gasteiger partial charge in [-0.2, -0.15) is 5.10 Å². The van der Waals surface area contributed by atoms with Crippen LogP contribution in [0.5, 0.6) is 0 Å². The summed E-state index contributed by atoms with van der Waals surface area (Å²) in [7, 11) is 0. The number of amides is 1. The van der Waals surface area contributed by atoms with Crippen LogP contribution in [0.4, 0.5) is 5.69 Å². The first-order valence-electron chi connectivity index (χ1n) is 6.90. The SMILES string of the molecule is CCn1cc(N)c(C(=O)N2CC3CCC(O)C3C2)n1. The highest BCUT2D eigenvalue weighted by molar-refractivity contribution is 5.97. The van der Waals surface area contributed by atoms with Crippen LogP contribution in [0.1, 0.15) is 30.3 Å². The minimum absolute atomic E-state index is 0.105. The van der Waals surface area contributed by atoms with Crippen molar-refractivity contribution in [1.82, 2.24) is 14.7 Å². The largest absolute Gasteiger partial charge is 0.396 e. The Morgan fingerprint density at radius 3 is 2.95 bits per heavy atom. The van der Waals surface area contributed by atoms with E-state index in [1.54, 1.807) is 15.8 Å². The zero-order valence-corrected chi connectivity index (χ0v) is 11.1. The van der Waals surface area contributed by atoms with Gasteiger partial charge in [-0.25, -0.2) is 0 Å². The maximum Gasteiger partial charge on any atom is 0.276 e. The van der Waals surface area contributed by atoms with E-state index >= 15 is 0 Å². The fraction of sp³-hybridized carbons (Fsp3) is 0.692. The van der Waals surface area contributed by atoms with E-state index in [1.807, 2.05) is 6.92 Å². The maximum atomic E-state index is 12.4. The van der Waals surface area contributed by atoms with Gasteiger partial charge in [-0.3, -0.25) is 9.48 Å². The van der Waals surface area contributed by atoms with Crippen molar-refractivity contribution in [2.45, 2.75) is 32.4 Å². The first-order valence-corrected chi connectivity index (χ1v) is 6.90. The van der Waals surface area contributed by atoms with Gasteiger partial charge >= 0.3 is 0 Å². The predicted molar refractivity (Wildman–Crippen MR) is 70.4 cm³/mol. The number of hydrogen-bond acceptors (Lipinski definition) is 4. The summed E-state index contributed by atoms with van der Waals surface area (Å²) in [5.41, 5.74) is 6.63. The summed E-state index contributed by atoms with van der Waals surface area (Å²) in [6.07, 6.45) is 3.31. The van der Waals surface area contributed by atoms with Crippen LogP contribution in [0.2, 0.25) is 0 Å². The molecule has 3 N–H and O–H groups in total. The fourth-order valence-corrected chi connectivity index (χ4v) is 3.32. The summed E-state index contributed by atoms with van der Waals surface area (Å²) in [5.74, 6) is 0.568. The lowest BCUT2D eigenvalue weighted by Gasteiger charge is -2.17. The topological polar surface area (TPSA) is 84.4 Å². The van der Waals surface area contributed by atoms with Gasteiger partial charge < -0.3 is 15.7 Å². The van der Waals surface area contributed by atoms with Crippen molar-refractivity contribution < 1.29 is 9.90 Å². The van der Waals surface area contributed by atoms with Crippen LogP contribution in [0.15, 0.2) is 6.20 Å². The molecule has 0 spiro atoms. The van der Waals surface area contributed by atoms with E-state index in [0.717, 1.165) is 19.4 Å². The molecule has 3 unspecified atom stereocenters. The van der Waals surface area contributed by atoms with Gasteiger partial charge in [0.05, 0.1) is 11.8 Å². The summed E-state index contributed by atoms with van der Waals surface area (Å²) < 4.78 is 1.67. The van der Waals surface area contributed by atoms with Gasteiger partial charge in [-0.05, 0) is 25.7 Å². The van der Waals surface area contributed by atoms with Crippen molar-refractivity contribution in [2.24, 2.45) is 11.8 Å². The molecule has 1 aromatic rings. The number of aliphatic hydroxyl groups is 1. The number of fused-ring (bicyclic) bond motifs is 1. The molecule has 2 fully saturated rings. The normalized spacial score (nSPS) is 29.8. The van der Waals surface area contributed by atoms with Crippen molar-refractivity contribution in [3.63, 3.8) is 0 Å². The van der Waals surface area contributed by atoms with E-state index in [9.17, 15) is 9.90 Å². The molecule has 3 rings (SSSR count). The second-order valence-corrected chi connectivity index (χ2v) is 5.57. The van der Waals surface area contributed by atoms with Crippen LogP contribution < -0.4 is 5.73 Å². The van der Waals surface area contributed by atoms with E-state index in [2.05, 4.69) is 5.10 Å². The van der Waals surface area contributed by atoms with Crippen molar-refractivity contribution in [3.8, 4) is 0 Å². The van der Waals surface area contributed by atoms with Gasteiger partial charge in [0.1, 0.15) is 0 Å². The number of aromatic nitrogens is 2. The number of carbonyl (C=O) groups is 1. The van der Waals surface area contributed by atoms with E-state index in [4.69, 9.17) is 5.73 Å². The quantitative estimate of drug-likeness (QED) is 0.806. The third kappa shape index (κ3) is 2.00. The molecule has 1 aliphatic carbocycles. The Morgan fingerprint density at radius 1 is 1.53 bits per heavy atom. The number of nitrogen functional groups attached to an aromatic ring is 1. The number of nitrogens with two attached hydrogens (primary N) is 1. The van der Waals surface area contributed by atoms with Crippen LogP contribution in [-0.4, -0.2) is 44.9 Å². The molecular weight excluding hydrogens is 244 g/mol. The lowest BCUT2D eigenvalue weighted by molar-refractivity contribution is 0.0747. The van der Waals surface area contributed by atoms with Crippen LogP contribution in [0, 0.1) is 11.8 Å². The number of nitrogens with zero attached hydrogens (tertiary/aromatic N) is 3. The highest BCUT2D eigenvalue weighted by Gasteiger charge is 2.43. The molecule has 104 valence electrons. The molecule has 0 bridgehead atoms. The third-order valence-corrected chi connectivity index (χ3v) is 4.42. The molecule has 0 aromatic carbocycles. The first kappa shape index (κ1) is 12.5. The summed E-state index contributed by atoms with van der Waals surface area (Å²) in [5, 5.41) is 14.1. The van der Waals surface area contributed by atoms with Gasteiger partial charge in [0.2, 0.25) is 0 Å². The molecule has 1 amide bonds. The minimum Gasteiger partial charge on any atom is -0.396 e. The average Bonchev–Trinajstić information content (AvgIpc) is 3.05. The Labute approximate surface area is 112 Å². The smallest absolute Gasteiger partial charge is 0.276 e. The Kier molecular flexibility index (Phi) is 2.97. The molecule has 6 nitrogen and oxygen atoms in total. The summed E-state index contributed by atoms with van der Waals surface area (Å²) in [6.45, 7) is 4.00. The Bertz CT molecular complexity index is 499. The van der Waals surface area contributed by atoms with Crippen LogP contribution in [-0.2, 0) is 6.54 Å². The van der Waals surface area contributed by atoms with Gasteiger partial charge in [0, 0.05) is 31.7 Å². The van der Waals surface area contributed by atoms with Gasteiger partial charge in [-0.15, -0.1) is 0 Å². The number of rotatable bonds is 2. The zero-order chi connectivity index (χ0) is 13.6. The molecule has 2 heterocycles. The minimum atomic E-state index is -0.256. The Hall–Kier alpha value is -1.56. The van der Waals surface area contributed by atoms with Crippen molar-refractivity contribution in [2.75, 3.05) is 18.8 Å². The Morgan fingerprint density at radius 2 is 2.32 bits per heavy atom. The van der Waals surface area contributed by atoms with Crippen molar-refractivity contribution >= 4 is 11.6 Å². The summed E-state index contributed by atoms with van der Waals surface area (Å²) in [6, 6.07) is 0. The van der Waals surface area contributed by atoms with Crippen LogP contribution in [0.25, 0.3) is 0 Å². The van der Waals surface area contributed by atoms with Crippen molar-refractivity contribution in [3.05, 3.63) is 11.9 Å². The van der Waals surface area contributed by atoms with E-state index in [1.165, 1.54) is 0 Å². The van der Waals surface area contributed by atoms with Crippen LogP contribution >= 0.6 is 0 Å². The van der Waals surface area contributed by atoms with E-state index in [0.29, 0.717) is 30.4 Å². The summed E-state index contributed by atoms with van der Waals surface area (Å²) >= 11 is 0. The standard InChI is InChI=1S/C13H20N4O2/c1-2-17-7-10(14)12(15-17)13(19)16-5-8-3-4-11(18)9(8)6-16/h7-9,11,18H,2-6,14H2,1H3. The molecule has 1 saturated heterocycles. The Balaban J connectivity index is 1.76. The monoisotopic (exact) mass is 264 g/mol. The molecule has 1 aliphatic heterocycles. The molecule has 1 aromatic heterocycles. The second-order valence-electron chi connectivity index (χ2n) is 5.57. The second kappa shape index (κ2) is 4.52. The molecule has 3 atom stereocenters. The molecular formula is C13H20N4O2. The number of hydrogen-bond donors (Lipinski definition) is 2. The molecule has 0 radical (unpaired) electrons. The molecule has 2 aliphatic rings. The molecule has 6 heteroatoms. The van der Waals surface area contributed by atoms with E-state index in [-0.39, 0.29) is 17.9 Å². The average molecular weight is 264 g/mol. The third-order valence-electron chi connectivity index (χ3n) is 4.42. The van der Waals surface area contributed by atoms with Crippen molar-refractivity contribution in [1.29, 1.82) is 0 Å². The number of likely N-dealkylation sites (tertiary alicyclic amines) is 1. The lowest BCUT2D eigenvalue weighted by atomic mass is 10.00. The fourth-order valence-electron chi connectivity index (χ4n) is 3.32. The number of carbonyl (C=O) groups excluding carboxylic acids is 1. The molecule has 1 saturated carbocycles. The summed E-state index contributed by atoms with van der Waals surface area (Å²) in [4.78, 5) is 14.2. The number of anilines is 1. The van der Waals surface area contributed by atoms with E-state index < -0.39 is 0 Å². The first-order chi connectivity index (χ1) is 9.10. The van der Waals surface area contributed by atoms with Gasteiger partial charge in [0.15, 0.2) is 5.69 Å². The van der Waals surface area contributed by atoms with Crippen LogP contribution in [0.3, 0.4) is 0 Å². The zero-order valence-electron chi connectivity index (χ0n) is 11.1. The van der Waals surface area contributed by atoms with Gasteiger partial charge in [-0.1, -0.05) is 0 Å². The number of aryl methyl sites for hydroxylation is 1. The predicted octanol–water partition coefficient (Wildman–Crippen LogP) is 0.328. The number of aliphatic hydroxyl groups excluding tert-OH is 1.